The Hall–Kier alpha value is -6.36. The summed E-state index contributed by atoms with van der Waals surface area (Å²) in [4.78, 5) is 4.33. The standard InChI is InChI=1S/C46H32N2OS/c49-46-42(47(33-17-6-2-7-18-33)34-19-8-3-9-20-34)24-14-25-43(46)48(35-27-28-40-39-23-12-13-26-44(39)50-45(40)31-35)41-30-29-36(32-15-4-1-5-16-32)37-21-10-11-22-38(37)41/h1-31,49H. The average Bonchev–Trinajstić information content (AvgIpc) is 3.55. The van der Waals surface area contributed by atoms with Crippen LogP contribution in [0.2, 0.25) is 0 Å². The fourth-order valence-electron chi connectivity index (χ4n) is 7.07. The normalized spacial score (nSPS) is 11.3. The van der Waals surface area contributed by atoms with Crippen LogP contribution in [0.25, 0.3) is 42.1 Å². The Balaban J connectivity index is 1.30. The number of para-hydroxylation sites is 3. The minimum absolute atomic E-state index is 0.188. The molecule has 50 heavy (non-hydrogen) atoms. The van der Waals surface area contributed by atoms with Crippen molar-refractivity contribution < 1.29 is 5.11 Å². The first-order valence-electron chi connectivity index (χ1n) is 16.8. The Morgan fingerprint density at radius 2 is 0.920 bits per heavy atom. The minimum atomic E-state index is 0.188. The molecule has 0 amide bonds. The highest BCUT2D eigenvalue weighted by atomic mass is 32.1. The zero-order chi connectivity index (χ0) is 33.4. The van der Waals surface area contributed by atoms with Crippen LogP contribution in [0.15, 0.2) is 188 Å². The molecule has 0 aliphatic heterocycles. The van der Waals surface area contributed by atoms with Crippen molar-refractivity contribution in [2.45, 2.75) is 0 Å². The van der Waals surface area contributed by atoms with Crippen LogP contribution >= 0.6 is 11.3 Å². The van der Waals surface area contributed by atoms with Crippen LogP contribution in [0.1, 0.15) is 0 Å². The minimum Gasteiger partial charge on any atom is -0.504 e. The summed E-state index contributed by atoms with van der Waals surface area (Å²) < 4.78 is 2.46. The molecule has 9 rings (SSSR count). The molecule has 8 aromatic carbocycles. The number of fused-ring (bicyclic) bond motifs is 4. The topological polar surface area (TPSA) is 26.7 Å². The zero-order valence-electron chi connectivity index (χ0n) is 27.1. The van der Waals surface area contributed by atoms with Gasteiger partial charge in [0.2, 0.25) is 0 Å². The molecule has 0 unspecified atom stereocenters. The Kier molecular flexibility index (Phi) is 7.49. The van der Waals surface area contributed by atoms with E-state index in [2.05, 4.69) is 143 Å². The maximum Gasteiger partial charge on any atom is 0.163 e. The highest BCUT2D eigenvalue weighted by Gasteiger charge is 2.25. The van der Waals surface area contributed by atoms with Crippen molar-refractivity contribution in [2.75, 3.05) is 9.80 Å². The van der Waals surface area contributed by atoms with E-state index in [1.54, 1.807) is 11.3 Å². The van der Waals surface area contributed by atoms with Crippen LogP contribution < -0.4 is 9.80 Å². The van der Waals surface area contributed by atoms with Crippen molar-refractivity contribution in [3.8, 4) is 16.9 Å². The van der Waals surface area contributed by atoms with Crippen molar-refractivity contribution in [1.29, 1.82) is 0 Å². The smallest absolute Gasteiger partial charge is 0.163 e. The van der Waals surface area contributed by atoms with E-state index in [-0.39, 0.29) is 5.75 Å². The van der Waals surface area contributed by atoms with Crippen LogP contribution in [0.3, 0.4) is 0 Å². The molecule has 1 N–H and O–H groups in total. The summed E-state index contributed by atoms with van der Waals surface area (Å²) in [5.74, 6) is 0.188. The number of anilines is 6. The number of hydrogen-bond acceptors (Lipinski definition) is 4. The third kappa shape index (κ3) is 5.14. The first-order chi connectivity index (χ1) is 24.7. The van der Waals surface area contributed by atoms with E-state index in [1.807, 2.05) is 54.6 Å². The summed E-state index contributed by atoms with van der Waals surface area (Å²) in [5.41, 5.74) is 7.60. The third-order valence-electron chi connectivity index (χ3n) is 9.35. The molecule has 0 bridgehead atoms. The van der Waals surface area contributed by atoms with Crippen molar-refractivity contribution in [3.63, 3.8) is 0 Å². The fraction of sp³-hybridized carbons (Fsp3) is 0. The Morgan fingerprint density at radius 1 is 0.360 bits per heavy atom. The van der Waals surface area contributed by atoms with Gasteiger partial charge in [-0.05, 0) is 77.2 Å². The van der Waals surface area contributed by atoms with Gasteiger partial charge in [0, 0.05) is 42.6 Å². The number of phenolic OH excluding ortho intramolecular Hbond substituents is 1. The second-order valence-electron chi connectivity index (χ2n) is 12.3. The number of hydrogen-bond donors (Lipinski definition) is 1. The monoisotopic (exact) mass is 660 g/mol. The van der Waals surface area contributed by atoms with Crippen molar-refractivity contribution in [2.24, 2.45) is 0 Å². The average molecular weight is 661 g/mol. The van der Waals surface area contributed by atoms with Crippen LogP contribution in [0, 0.1) is 0 Å². The van der Waals surface area contributed by atoms with Gasteiger partial charge in [-0.1, -0.05) is 127 Å². The Labute approximate surface area is 295 Å². The quantitative estimate of drug-likeness (QED) is 0.184. The largest absolute Gasteiger partial charge is 0.504 e. The predicted octanol–water partition coefficient (Wildman–Crippen LogP) is 13.5. The lowest BCUT2D eigenvalue weighted by molar-refractivity contribution is 0.478. The molecule has 0 aliphatic rings. The first kappa shape index (κ1) is 29.8. The SMILES string of the molecule is Oc1c(N(c2ccccc2)c2ccccc2)cccc1N(c1ccc2c(c1)sc1ccccc12)c1ccc(-c2ccccc2)c2ccccc12. The summed E-state index contributed by atoms with van der Waals surface area (Å²) in [7, 11) is 0. The molecule has 238 valence electrons. The van der Waals surface area contributed by atoms with Gasteiger partial charge in [-0.15, -0.1) is 11.3 Å². The molecule has 0 saturated heterocycles. The van der Waals surface area contributed by atoms with Gasteiger partial charge in [-0.25, -0.2) is 0 Å². The van der Waals surface area contributed by atoms with Crippen molar-refractivity contribution in [3.05, 3.63) is 188 Å². The van der Waals surface area contributed by atoms with E-state index in [4.69, 9.17) is 0 Å². The summed E-state index contributed by atoms with van der Waals surface area (Å²) in [6, 6.07) is 65.2. The third-order valence-corrected chi connectivity index (χ3v) is 10.5. The van der Waals surface area contributed by atoms with E-state index in [1.165, 1.54) is 31.3 Å². The molecule has 0 radical (unpaired) electrons. The molecule has 0 fully saturated rings. The lowest BCUT2D eigenvalue weighted by Crippen LogP contribution is -2.14. The number of phenols is 1. The summed E-state index contributed by atoms with van der Waals surface area (Å²) in [6.07, 6.45) is 0. The van der Waals surface area contributed by atoms with E-state index >= 15 is 0 Å². The molecule has 0 spiro atoms. The summed E-state index contributed by atoms with van der Waals surface area (Å²) >= 11 is 1.80. The summed E-state index contributed by atoms with van der Waals surface area (Å²) in [5, 5.41) is 17.3. The molecule has 1 heterocycles. The maximum atomic E-state index is 12.5. The lowest BCUT2D eigenvalue weighted by Gasteiger charge is -2.31. The highest BCUT2D eigenvalue weighted by Crippen LogP contribution is 2.50. The Bertz CT molecular complexity index is 2580. The number of thiophene rings is 1. The fourth-order valence-corrected chi connectivity index (χ4v) is 8.21. The molecule has 0 atom stereocenters. The maximum absolute atomic E-state index is 12.5. The van der Waals surface area contributed by atoms with Gasteiger partial charge in [0.15, 0.2) is 5.75 Å². The van der Waals surface area contributed by atoms with E-state index in [9.17, 15) is 5.11 Å². The van der Waals surface area contributed by atoms with Crippen LogP contribution in [-0.2, 0) is 0 Å². The number of aromatic hydroxyl groups is 1. The number of benzene rings is 8. The van der Waals surface area contributed by atoms with E-state index in [0.29, 0.717) is 11.4 Å². The summed E-state index contributed by atoms with van der Waals surface area (Å²) in [6.45, 7) is 0. The van der Waals surface area contributed by atoms with Gasteiger partial charge < -0.3 is 14.9 Å². The first-order valence-corrected chi connectivity index (χ1v) is 17.6. The molecular weight excluding hydrogens is 629 g/mol. The van der Waals surface area contributed by atoms with Gasteiger partial charge in [0.05, 0.1) is 17.1 Å². The van der Waals surface area contributed by atoms with Gasteiger partial charge in [0.1, 0.15) is 0 Å². The van der Waals surface area contributed by atoms with Crippen LogP contribution in [0.4, 0.5) is 34.1 Å². The molecule has 4 heteroatoms. The second kappa shape index (κ2) is 12.6. The second-order valence-corrected chi connectivity index (χ2v) is 13.4. The van der Waals surface area contributed by atoms with Crippen LogP contribution in [-0.4, -0.2) is 5.11 Å². The Morgan fingerprint density at radius 3 is 1.62 bits per heavy atom. The highest BCUT2D eigenvalue weighted by molar-refractivity contribution is 7.25. The number of rotatable bonds is 7. The molecular formula is C46H32N2OS. The van der Waals surface area contributed by atoms with E-state index in [0.717, 1.165) is 33.5 Å². The predicted molar refractivity (Wildman–Crippen MR) is 213 cm³/mol. The van der Waals surface area contributed by atoms with Gasteiger partial charge in [-0.3, -0.25) is 0 Å². The molecule has 0 aliphatic carbocycles. The van der Waals surface area contributed by atoms with Gasteiger partial charge in [0.25, 0.3) is 0 Å². The number of nitrogens with zero attached hydrogens (tertiary/aromatic N) is 2. The molecule has 9 aromatic rings. The zero-order valence-corrected chi connectivity index (χ0v) is 28.0. The molecule has 1 aromatic heterocycles. The van der Waals surface area contributed by atoms with E-state index < -0.39 is 0 Å². The van der Waals surface area contributed by atoms with Crippen LogP contribution in [0.5, 0.6) is 5.75 Å². The van der Waals surface area contributed by atoms with Gasteiger partial charge >= 0.3 is 0 Å². The van der Waals surface area contributed by atoms with Crippen molar-refractivity contribution in [1.82, 2.24) is 0 Å². The molecule has 0 saturated carbocycles. The molecule has 3 nitrogen and oxygen atoms in total. The van der Waals surface area contributed by atoms with Crippen molar-refractivity contribution >= 4 is 76.4 Å². The lowest BCUT2D eigenvalue weighted by atomic mass is 9.96. The van der Waals surface area contributed by atoms with Gasteiger partial charge in [-0.2, -0.15) is 0 Å².